The van der Waals surface area contributed by atoms with Crippen molar-refractivity contribution in [2.45, 2.75) is 11.8 Å². The van der Waals surface area contributed by atoms with Crippen LogP contribution in [0, 0.1) is 17.0 Å². The largest absolute Gasteiger partial charge is 0.278 e. The molecule has 0 atom stereocenters. The molecule has 0 saturated carbocycles. The topological polar surface area (TPSA) is 89.3 Å². The highest BCUT2D eigenvalue weighted by molar-refractivity contribution is 7.92. The van der Waals surface area contributed by atoms with Crippen molar-refractivity contribution in [3.63, 3.8) is 0 Å². The normalized spacial score (nSPS) is 11.1. The molecule has 0 heterocycles. The zero-order valence-corrected chi connectivity index (χ0v) is 12.5. The molecule has 6 nitrogen and oxygen atoms in total. The zero-order chi connectivity index (χ0) is 15.6. The van der Waals surface area contributed by atoms with Gasteiger partial charge < -0.3 is 0 Å². The molecular formula is C13H11ClN2O4S. The van der Waals surface area contributed by atoms with E-state index in [-0.39, 0.29) is 21.3 Å². The van der Waals surface area contributed by atoms with Gasteiger partial charge in [-0.05, 0) is 36.8 Å². The summed E-state index contributed by atoms with van der Waals surface area (Å²) >= 11 is 5.97. The summed E-state index contributed by atoms with van der Waals surface area (Å²) in [5, 5.41) is 10.8. The van der Waals surface area contributed by atoms with Gasteiger partial charge in [-0.1, -0.05) is 17.7 Å². The van der Waals surface area contributed by atoms with Crippen molar-refractivity contribution in [1.29, 1.82) is 0 Å². The molecule has 0 aromatic heterocycles. The quantitative estimate of drug-likeness (QED) is 0.689. The summed E-state index contributed by atoms with van der Waals surface area (Å²) in [6.45, 7) is 1.83. The molecule has 0 spiro atoms. The first kappa shape index (κ1) is 15.3. The van der Waals surface area contributed by atoms with Crippen LogP contribution in [0.2, 0.25) is 5.02 Å². The van der Waals surface area contributed by atoms with E-state index in [9.17, 15) is 18.5 Å². The SMILES string of the molecule is Cc1ccc(NS(=O)(=O)c2ccc([N+](=O)[O-])cc2)c(Cl)c1. The van der Waals surface area contributed by atoms with Crippen LogP contribution in [0.25, 0.3) is 0 Å². The molecule has 0 saturated heterocycles. The summed E-state index contributed by atoms with van der Waals surface area (Å²) in [5.74, 6) is 0. The second-order valence-corrected chi connectivity index (χ2v) is 6.43. The Kier molecular flexibility index (Phi) is 4.15. The molecule has 0 aliphatic heterocycles. The van der Waals surface area contributed by atoms with Crippen LogP contribution in [0.1, 0.15) is 5.56 Å². The van der Waals surface area contributed by atoms with Crippen molar-refractivity contribution in [2.75, 3.05) is 4.72 Å². The second kappa shape index (κ2) is 5.71. The van der Waals surface area contributed by atoms with Crippen LogP contribution in [0.4, 0.5) is 11.4 Å². The van der Waals surface area contributed by atoms with Crippen LogP contribution < -0.4 is 4.72 Å². The Hall–Kier alpha value is -2.12. The summed E-state index contributed by atoms with van der Waals surface area (Å²) in [6.07, 6.45) is 0. The number of hydrogen-bond acceptors (Lipinski definition) is 4. The van der Waals surface area contributed by atoms with E-state index >= 15 is 0 Å². The summed E-state index contributed by atoms with van der Waals surface area (Å²) in [6, 6.07) is 9.51. The number of hydrogen-bond donors (Lipinski definition) is 1. The van der Waals surface area contributed by atoms with Crippen LogP contribution >= 0.6 is 11.6 Å². The summed E-state index contributed by atoms with van der Waals surface area (Å²) in [5.41, 5.74) is 0.973. The summed E-state index contributed by atoms with van der Waals surface area (Å²) in [4.78, 5) is 9.88. The molecule has 1 N–H and O–H groups in total. The number of nitrogens with zero attached hydrogens (tertiary/aromatic N) is 1. The molecule has 0 fully saturated rings. The molecule has 8 heteroatoms. The first-order chi connectivity index (χ1) is 9.79. The Balaban J connectivity index is 2.31. The average Bonchev–Trinajstić information content (AvgIpc) is 2.42. The molecule has 0 aliphatic carbocycles. The van der Waals surface area contributed by atoms with E-state index in [0.29, 0.717) is 0 Å². The number of nitro groups is 1. The Morgan fingerprint density at radius 3 is 2.29 bits per heavy atom. The van der Waals surface area contributed by atoms with Gasteiger partial charge in [-0.25, -0.2) is 8.42 Å². The van der Waals surface area contributed by atoms with E-state index in [1.54, 1.807) is 18.2 Å². The third kappa shape index (κ3) is 3.50. The van der Waals surface area contributed by atoms with Crippen molar-refractivity contribution in [3.8, 4) is 0 Å². The highest BCUT2D eigenvalue weighted by Crippen LogP contribution is 2.26. The summed E-state index contributed by atoms with van der Waals surface area (Å²) in [7, 11) is -3.85. The molecule has 0 bridgehead atoms. The second-order valence-electron chi connectivity index (χ2n) is 4.34. The zero-order valence-electron chi connectivity index (χ0n) is 10.9. The van der Waals surface area contributed by atoms with Gasteiger partial charge in [0.15, 0.2) is 0 Å². The number of rotatable bonds is 4. The van der Waals surface area contributed by atoms with Crippen molar-refractivity contribution in [3.05, 3.63) is 63.2 Å². The van der Waals surface area contributed by atoms with E-state index in [1.165, 1.54) is 12.1 Å². The van der Waals surface area contributed by atoms with Crippen molar-refractivity contribution in [2.24, 2.45) is 0 Å². The number of anilines is 1. The first-order valence-electron chi connectivity index (χ1n) is 5.83. The molecule has 0 radical (unpaired) electrons. The lowest BCUT2D eigenvalue weighted by Crippen LogP contribution is -2.13. The maximum atomic E-state index is 12.2. The van der Waals surface area contributed by atoms with Gasteiger partial charge in [-0.15, -0.1) is 0 Å². The maximum Gasteiger partial charge on any atom is 0.269 e. The number of halogens is 1. The number of nitro benzene ring substituents is 1. The smallest absolute Gasteiger partial charge is 0.269 e. The monoisotopic (exact) mass is 326 g/mol. The van der Waals surface area contributed by atoms with Crippen LogP contribution in [-0.4, -0.2) is 13.3 Å². The van der Waals surface area contributed by atoms with Gasteiger partial charge in [0.25, 0.3) is 15.7 Å². The lowest BCUT2D eigenvalue weighted by molar-refractivity contribution is -0.384. The van der Waals surface area contributed by atoms with Crippen LogP contribution in [0.3, 0.4) is 0 Å². The Labute approximate surface area is 126 Å². The maximum absolute atomic E-state index is 12.2. The Bertz CT molecular complexity index is 788. The van der Waals surface area contributed by atoms with Crippen LogP contribution in [0.15, 0.2) is 47.4 Å². The van der Waals surface area contributed by atoms with Crippen LogP contribution in [0.5, 0.6) is 0 Å². The average molecular weight is 327 g/mol. The fraction of sp³-hybridized carbons (Fsp3) is 0.0769. The van der Waals surface area contributed by atoms with Crippen molar-refractivity contribution < 1.29 is 13.3 Å². The van der Waals surface area contributed by atoms with Gasteiger partial charge in [-0.3, -0.25) is 14.8 Å². The fourth-order valence-corrected chi connectivity index (χ4v) is 3.07. The first-order valence-corrected chi connectivity index (χ1v) is 7.69. The lowest BCUT2D eigenvalue weighted by Gasteiger charge is -2.10. The van der Waals surface area contributed by atoms with Crippen LogP contribution in [-0.2, 0) is 10.0 Å². The molecule has 0 unspecified atom stereocenters. The molecule has 0 amide bonds. The molecule has 2 aromatic rings. The molecule has 0 aliphatic rings. The number of aryl methyl sites for hydroxylation is 1. The van der Waals surface area contributed by atoms with E-state index in [1.807, 2.05) is 6.92 Å². The third-order valence-corrected chi connectivity index (χ3v) is 4.42. The molecule has 110 valence electrons. The van der Waals surface area contributed by atoms with E-state index in [4.69, 9.17) is 11.6 Å². The van der Waals surface area contributed by atoms with E-state index in [2.05, 4.69) is 4.72 Å². The number of sulfonamides is 1. The van der Waals surface area contributed by atoms with E-state index in [0.717, 1.165) is 17.7 Å². The highest BCUT2D eigenvalue weighted by atomic mass is 35.5. The van der Waals surface area contributed by atoms with Gasteiger partial charge in [-0.2, -0.15) is 0 Å². The van der Waals surface area contributed by atoms with Crippen molar-refractivity contribution in [1.82, 2.24) is 0 Å². The van der Waals surface area contributed by atoms with Crippen molar-refractivity contribution >= 4 is 33.0 Å². The summed E-state index contributed by atoms with van der Waals surface area (Å²) < 4.78 is 26.7. The van der Waals surface area contributed by atoms with E-state index < -0.39 is 14.9 Å². The minimum absolute atomic E-state index is 0.0789. The van der Waals surface area contributed by atoms with Gasteiger partial charge in [0, 0.05) is 12.1 Å². The standard InChI is InChI=1S/C13H11ClN2O4S/c1-9-2-7-13(12(14)8-9)15-21(19,20)11-5-3-10(4-6-11)16(17)18/h2-8,15H,1H3. The number of benzene rings is 2. The van der Waals surface area contributed by atoms with Gasteiger partial charge in [0.05, 0.1) is 20.5 Å². The van der Waals surface area contributed by atoms with Gasteiger partial charge >= 0.3 is 0 Å². The lowest BCUT2D eigenvalue weighted by atomic mass is 10.2. The molecular weight excluding hydrogens is 316 g/mol. The minimum atomic E-state index is -3.85. The Morgan fingerprint density at radius 1 is 1.14 bits per heavy atom. The minimum Gasteiger partial charge on any atom is -0.278 e. The molecule has 2 aromatic carbocycles. The fourth-order valence-electron chi connectivity index (χ4n) is 1.65. The highest BCUT2D eigenvalue weighted by Gasteiger charge is 2.17. The number of non-ortho nitro benzene ring substituents is 1. The third-order valence-electron chi connectivity index (χ3n) is 2.73. The van der Waals surface area contributed by atoms with Gasteiger partial charge in [0.2, 0.25) is 0 Å². The molecule has 21 heavy (non-hydrogen) atoms. The van der Waals surface area contributed by atoms with Gasteiger partial charge in [0.1, 0.15) is 0 Å². The number of nitrogens with one attached hydrogen (secondary N) is 1. The molecule has 2 rings (SSSR count). The predicted molar refractivity (Wildman–Crippen MR) is 80.1 cm³/mol. The Morgan fingerprint density at radius 2 is 1.76 bits per heavy atom. The predicted octanol–water partition coefficient (Wildman–Crippen LogP) is 3.36.